The summed E-state index contributed by atoms with van der Waals surface area (Å²) in [4.78, 5) is 0. The smallest absolute Gasteiger partial charge is 0.119 e. The lowest BCUT2D eigenvalue weighted by atomic mass is 10.2. The van der Waals surface area contributed by atoms with Crippen LogP contribution in [0, 0.1) is 11.3 Å². The van der Waals surface area contributed by atoms with E-state index >= 15 is 0 Å². The number of hydrogen-bond acceptors (Lipinski definition) is 3. The Bertz CT molecular complexity index is 84.2. The number of hydrogen-bond donors (Lipinski definition) is 2. The highest BCUT2D eigenvalue weighted by Crippen LogP contribution is 1.82. The molecule has 0 aliphatic heterocycles. The largest absolute Gasteiger partial charge is 0.391 e. The summed E-state index contributed by atoms with van der Waals surface area (Å²) in [5, 5.41) is 16.4. The van der Waals surface area contributed by atoms with Crippen molar-refractivity contribution in [1.82, 2.24) is 0 Å². The molecule has 0 aromatic rings. The molecule has 0 radical (unpaired) electrons. The van der Waals surface area contributed by atoms with Gasteiger partial charge in [-0.25, -0.2) is 0 Å². The highest BCUT2D eigenvalue weighted by atomic mass is 16.3. The van der Waals surface area contributed by atoms with Crippen LogP contribution in [0.25, 0.3) is 0 Å². The first-order valence-electron chi connectivity index (χ1n) is 2.01. The molecule has 0 saturated carbocycles. The van der Waals surface area contributed by atoms with Gasteiger partial charge >= 0.3 is 0 Å². The Labute approximate surface area is 42.4 Å². The Morgan fingerprint density at radius 2 is 2.29 bits per heavy atom. The molecule has 0 bridgehead atoms. The van der Waals surface area contributed by atoms with Gasteiger partial charge in [-0.05, 0) is 6.92 Å². The highest BCUT2D eigenvalue weighted by molar-refractivity contribution is 4.89. The topological polar surface area (TPSA) is 70.0 Å². The van der Waals surface area contributed by atoms with Gasteiger partial charge in [-0.3, -0.25) is 0 Å². The maximum Gasteiger partial charge on any atom is 0.119 e. The summed E-state index contributed by atoms with van der Waals surface area (Å²) in [5.74, 6) is 0. The minimum Gasteiger partial charge on any atom is -0.391 e. The molecule has 0 aromatic carbocycles. The van der Waals surface area contributed by atoms with E-state index in [0.717, 1.165) is 0 Å². The molecule has 0 saturated heterocycles. The van der Waals surface area contributed by atoms with Crippen LogP contribution in [0.15, 0.2) is 0 Å². The van der Waals surface area contributed by atoms with E-state index < -0.39 is 12.1 Å². The summed E-state index contributed by atoms with van der Waals surface area (Å²) < 4.78 is 0. The van der Waals surface area contributed by atoms with Crippen molar-refractivity contribution in [2.24, 2.45) is 5.73 Å². The number of nitriles is 1. The van der Waals surface area contributed by atoms with Crippen molar-refractivity contribution < 1.29 is 5.11 Å². The lowest BCUT2D eigenvalue weighted by Gasteiger charge is -2.01. The van der Waals surface area contributed by atoms with Gasteiger partial charge in [-0.1, -0.05) is 0 Å². The third-order valence-electron chi connectivity index (χ3n) is 0.669. The van der Waals surface area contributed by atoms with E-state index in [0.29, 0.717) is 0 Å². The molecule has 0 spiro atoms. The van der Waals surface area contributed by atoms with E-state index in [1.165, 1.54) is 6.92 Å². The second kappa shape index (κ2) is 2.56. The van der Waals surface area contributed by atoms with E-state index in [2.05, 4.69) is 0 Å². The van der Waals surface area contributed by atoms with E-state index in [1.54, 1.807) is 6.07 Å². The molecule has 0 rings (SSSR count). The minimum absolute atomic E-state index is 0.718. The van der Waals surface area contributed by atoms with Crippen LogP contribution in [0.2, 0.25) is 0 Å². The number of nitrogens with two attached hydrogens (primary N) is 1. The van der Waals surface area contributed by atoms with Crippen molar-refractivity contribution >= 4 is 0 Å². The molecular formula is C4H8N2O. The van der Waals surface area contributed by atoms with E-state index in [1.807, 2.05) is 0 Å². The lowest BCUT2D eigenvalue weighted by Crippen LogP contribution is -2.30. The SMILES string of the molecule is C[C@H](O)C(N)C#N. The maximum atomic E-state index is 8.47. The molecule has 7 heavy (non-hydrogen) atoms. The molecule has 0 amide bonds. The first-order valence-corrected chi connectivity index (χ1v) is 2.01. The molecule has 1 unspecified atom stereocenters. The van der Waals surface area contributed by atoms with Crippen LogP contribution in [0.1, 0.15) is 6.92 Å². The number of rotatable bonds is 1. The van der Waals surface area contributed by atoms with Gasteiger partial charge < -0.3 is 10.8 Å². The van der Waals surface area contributed by atoms with Crippen LogP contribution in [0.4, 0.5) is 0 Å². The van der Waals surface area contributed by atoms with Crippen LogP contribution in [-0.2, 0) is 0 Å². The van der Waals surface area contributed by atoms with Gasteiger partial charge in [-0.15, -0.1) is 0 Å². The maximum absolute atomic E-state index is 8.47. The fourth-order valence-electron chi connectivity index (χ4n) is 0.108. The van der Waals surface area contributed by atoms with Crippen LogP contribution in [0.5, 0.6) is 0 Å². The summed E-state index contributed by atoms with van der Waals surface area (Å²) in [6, 6.07) is 0.956. The summed E-state index contributed by atoms with van der Waals surface area (Å²) in [7, 11) is 0. The molecule has 40 valence electrons. The van der Waals surface area contributed by atoms with Gasteiger partial charge in [0.25, 0.3) is 0 Å². The zero-order valence-corrected chi connectivity index (χ0v) is 4.13. The number of nitrogens with zero attached hydrogens (tertiary/aromatic N) is 1. The zero-order chi connectivity index (χ0) is 5.86. The predicted octanol–water partition coefficient (Wildman–Crippen LogP) is -0.782. The van der Waals surface area contributed by atoms with Gasteiger partial charge in [0.05, 0.1) is 12.2 Å². The number of aliphatic hydroxyl groups excluding tert-OH is 1. The average molecular weight is 100 g/mol. The summed E-state index contributed by atoms with van der Waals surface area (Å²) in [5.41, 5.74) is 5.00. The quantitative estimate of drug-likeness (QED) is 0.454. The van der Waals surface area contributed by atoms with Crippen molar-refractivity contribution in [2.75, 3.05) is 0 Å². The Hall–Kier alpha value is -0.590. The van der Waals surface area contributed by atoms with E-state index in [-0.39, 0.29) is 0 Å². The predicted molar refractivity (Wildman–Crippen MR) is 25.3 cm³/mol. The Balaban J connectivity index is 3.40. The van der Waals surface area contributed by atoms with Crippen LogP contribution in [0.3, 0.4) is 0 Å². The zero-order valence-electron chi connectivity index (χ0n) is 4.13. The van der Waals surface area contributed by atoms with Gasteiger partial charge in [0.2, 0.25) is 0 Å². The van der Waals surface area contributed by atoms with Crippen molar-refractivity contribution in [1.29, 1.82) is 5.26 Å². The average Bonchev–Trinajstić information content (AvgIpc) is 1.65. The highest BCUT2D eigenvalue weighted by Gasteiger charge is 2.04. The Morgan fingerprint density at radius 1 is 1.86 bits per heavy atom. The van der Waals surface area contributed by atoms with Crippen molar-refractivity contribution in [2.45, 2.75) is 19.1 Å². The molecule has 3 N–H and O–H groups in total. The fourth-order valence-corrected chi connectivity index (χ4v) is 0.108. The first kappa shape index (κ1) is 6.41. The van der Waals surface area contributed by atoms with Crippen molar-refractivity contribution in [3.63, 3.8) is 0 Å². The van der Waals surface area contributed by atoms with Gasteiger partial charge in [0.1, 0.15) is 6.04 Å². The van der Waals surface area contributed by atoms with Crippen LogP contribution in [-0.4, -0.2) is 17.3 Å². The molecule has 0 aromatic heterocycles. The third kappa shape index (κ3) is 2.15. The second-order valence-electron chi connectivity index (χ2n) is 1.40. The molecular weight excluding hydrogens is 92.1 g/mol. The monoisotopic (exact) mass is 100 g/mol. The fraction of sp³-hybridized carbons (Fsp3) is 0.750. The van der Waals surface area contributed by atoms with E-state index in [9.17, 15) is 0 Å². The van der Waals surface area contributed by atoms with Crippen molar-refractivity contribution in [3.05, 3.63) is 0 Å². The normalized spacial score (nSPS) is 17.4. The van der Waals surface area contributed by atoms with Gasteiger partial charge in [0, 0.05) is 0 Å². The van der Waals surface area contributed by atoms with Gasteiger partial charge in [0.15, 0.2) is 0 Å². The molecule has 0 heterocycles. The Kier molecular flexibility index (Phi) is 2.34. The van der Waals surface area contributed by atoms with Crippen LogP contribution < -0.4 is 5.73 Å². The standard InChI is InChI=1S/C4H8N2O/c1-3(7)4(6)2-5/h3-4,7H,6H2,1H3/t3-,4?/m0/s1. The summed E-state index contributed by atoms with van der Waals surface area (Å²) in [6.07, 6.45) is -0.718. The molecule has 2 atom stereocenters. The van der Waals surface area contributed by atoms with Gasteiger partial charge in [-0.2, -0.15) is 5.26 Å². The molecule has 3 nitrogen and oxygen atoms in total. The number of aliphatic hydroxyl groups is 1. The lowest BCUT2D eigenvalue weighted by molar-refractivity contribution is 0.182. The van der Waals surface area contributed by atoms with Crippen LogP contribution >= 0.6 is 0 Å². The second-order valence-corrected chi connectivity index (χ2v) is 1.40. The first-order chi connectivity index (χ1) is 3.18. The molecule has 0 aliphatic rings. The third-order valence-corrected chi connectivity index (χ3v) is 0.669. The minimum atomic E-state index is -0.736. The Morgan fingerprint density at radius 3 is 2.29 bits per heavy atom. The summed E-state index contributed by atoms with van der Waals surface area (Å²) >= 11 is 0. The molecule has 0 fully saturated rings. The molecule has 3 heteroatoms. The van der Waals surface area contributed by atoms with Crippen molar-refractivity contribution in [3.8, 4) is 6.07 Å². The van der Waals surface area contributed by atoms with E-state index in [4.69, 9.17) is 16.1 Å². The molecule has 0 aliphatic carbocycles. The summed E-state index contributed by atoms with van der Waals surface area (Å²) in [6.45, 7) is 1.48.